The number of nitriles is 1. The molecular weight excluding hydrogens is 216 g/mol. The molecule has 1 N–H and O–H groups in total. The molecule has 17 heavy (non-hydrogen) atoms. The Bertz CT molecular complexity index is 284. The fourth-order valence-corrected chi connectivity index (χ4v) is 2.71. The highest BCUT2D eigenvalue weighted by Gasteiger charge is 2.38. The van der Waals surface area contributed by atoms with Gasteiger partial charge in [-0.3, -0.25) is 0 Å². The number of ether oxygens (including phenoxy) is 2. The van der Waals surface area contributed by atoms with Crippen molar-refractivity contribution in [3.8, 4) is 6.07 Å². The number of hydrogen-bond donors (Lipinski definition) is 1. The van der Waals surface area contributed by atoms with Crippen LogP contribution in [-0.4, -0.2) is 38.5 Å². The summed E-state index contributed by atoms with van der Waals surface area (Å²) in [7, 11) is 1.87. The van der Waals surface area contributed by atoms with E-state index in [9.17, 15) is 0 Å². The van der Waals surface area contributed by atoms with Gasteiger partial charge in [0.1, 0.15) is 5.54 Å². The maximum Gasteiger partial charge on any atom is 0.109 e. The quantitative estimate of drug-likeness (QED) is 0.805. The van der Waals surface area contributed by atoms with Gasteiger partial charge in [-0.2, -0.15) is 5.26 Å². The first kappa shape index (κ1) is 12.8. The van der Waals surface area contributed by atoms with Crippen LogP contribution in [0.25, 0.3) is 0 Å². The molecule has 2 fully saturated rings. The van der Waals surface area contributed by atoms with Crippen LogP contribution in [0.2, 0.25) is 0 Å². The zero-order chi connectivity index (χ0) is 12.1. The van der Waals surface area contributed by atoms with Crippen molar-refractivity contribution >= 4 is 0 Å². The topological polar surface area (TPSA) is 54.3 Å². The standard InChI is InChI=1S/C13H22N2O2/c1-15-13(10-14)5-2-12(8-13)17-9-11-3-6-16-7-4-11/h11-12,15H,2-9H2,1H3. The molecule has 1 saturated carbocycles. The SMILES string of the molecule is CNC1(C#N)CCC(OCC2CCOCC2)C1. The third kappa shape index (κ3) is 3.19. The second-order valence-electron chi connectivity index (χ2n) is 5.20. The normalized spacial score (nSPS) is 34.7. The van der Waals surface area contributed by atoms with Crippen molar-refractivity contribution in [1.82, 2.24) is 5.32 Å². The predicted octanol–water partition coefficient (Wildman–Crippen LogP) is 1.46. The van der Waals surface area contributed by atoms with Crippen molar-refractivity contribution in [2.75, 3.05) is 26.9 Å². The molecule has 2 rings (SSSR count). The third-order valence-corrected chi connectivity index (χ3v) is 4.07. The molecule has 0 amide bonds. The van der Waals surface area contributed by atoms with Crippen LogP contribution in [0.4, 0.5) is 0 Å². The van der Waals surface area contributed by atoms with E-state index in [0.717, 1.165) is 51.9 Å². The molecule has 96 valence electrons. The Kier molecular flexibility index (Phi) is 4.38. The number of nitrogens with one attached hydrogen (secondary N) is 1. The van der Waals surface area contributed by atoms with Crippen molar-refractivity contribution in [2.24, 2.45) is 5.92 Å². The Labute approximate surface area is 103 Å². The molecule has 2 unspecified atom stereocenters. The van der Waals surface area contributed by atoms with Gasteiger partial charge in [-0.15, -0.1) is 0 Å². The molecule has 0 radical (unpaired) electrons. The van der Waals surface area contributed by atoms with Crippen LogP contribution in [0.3, 0.4) is 0 Å². The number of rotatable bonds is 4. The molecule has 2 aliphatic rings. The summed E-state index contributed by atoms with van der Waals surface area (Å²) in [4.78, 5) is 0. The average molecular weight is 238 g/mol. The molecule has 0 spiro atoms. The minimum Gasteiger partial charge on any atom is -0.381 e. The van der Waals surface area contributed by atoms with Crippen molar-refractivity contribution in [3.63, 3.8) is 0 Å². The monoisotopic (exact) mass is 238 g/mol. The highest BCUT2D eigenvalue weighted by molar-refractivity contribution is 5.11. The lowest BCUT2D eigenvalue weighted by Crippen LogP contribution is -2.39. The minimum atomic E-state index is -0.347. The smallest absolute Gasteiger partial charge is 0.109 e. The zero-order valence-corrected chi connectivity index (χ0v) is 10.6. The highest BCUT2D eigenvalue weighted by atomic mass is 16.5. The van der Waals surface area contributed by atoms with Gasteiger partial charge in [-0.1, -0.05) is 0 Å². The van der Waals surface area contributed by atoms with Crippen LogP contribution in [0, 0.1) is 17.2 Å². The Morgan fingerprint density at radius 2 is 2.18 bits per heavy atom. The van der Waals surface area contributed by atoms with Gasteiger partial charge in [0, 0.05) is 26.2 Å². The Hall–Kier alpha value is -0.630. The highest BCUT2D eigenvalue weighted by Crippen LogP contribution is 2.31. The third-order valence-electron chi connectivity index (χ3n) is 4.07. The van der Waals surface area contributed by atoms with Gasteiger partial charge >= 0.3 is 0 Å². The molecule has 1 aliphatic carbocycles. The number of nitrogens with zero attached hydrogens (tertiary/aromatic N) is 1. The van der Waals surface area contributed by atoms with Gasteiger partial charge in [0.15, 0.2) is 0 Å². The lowest BCUT2D eigenvalue weighted by molar-refractivity contribution is -0.00967. The molecule has 1 saturated heterocycles. The molecule has 4 nitrogen and oxygen atoms in total. The fraction of sp³-hybridized carbons (Fsp3) is 0.923. The minimum absolute atomic E-state index is 0.255. The van der Waals surface area contributed by atoms with Gasteiger partial charge in [0.25, 0.3) is 0 Å². The van der Waals surface area contributed by atoms with E-state index in [1.807, 2.05) is 7.05 Å². The number of hydrogen-bond acceptors (Lipinski definition) is 4. The van der Waals surface area contributed by atoms with Crippen molar-refractivity contribution in [2.45, 2.75) is 43.7 Å². The van der Waals surface area contributed by atoms with E-state index in [1.54, 1.807) is 0 Å². The van der Waals surface area contributed by atoms with Gasteiger partial charge in [0.05, 0.1) is 12.2 Å². The van der Waals surface area contributed by atoms with Crippen LogP contribution in [0.1, 0.15) is 32.1 Å². The van der Waals surface area contributed by atoms with Crippen molar-refractivity contribution in [3.05, 3.63) is 0 Å². The van der Waals surface area contributed by atoms with Crippen molar-refractivity contribution < 1.29 is 9.47 Å². The first-order valence-electron chi connectivity index (χ1n) is 6.57. The van der Waals surface area contributed by atoms with Crippen LogP contribution in [-0.2, 0) is 9.47 Å². The first-order valence-corrected chi connectivity index (χ1v) is 6.57. The van der Waals surface area contributed by atoms with E-state index in [1.165, 1.54) is 0 Å². The Morgan fingerprint density at radius 3 is 2.76 bits per heavy atom. The maximum absolute atomic E-state index is 9.17. The van der Waals surface area contributed by atoms with Crippen LogP contribution < -0.4 is 5.32 Å². The van der Waals surface area contributed by atoms with Crippen molar-refractivity contribution in [1.29, 1.82) is 5.26 Å². The van der Waals surface area contributed by atoms with Gasteiger partial charge in [0.2, 0.25) is 0 Å². The van der Waals surface area contributed by atoms with E-state index in [-0.39, 0.29) is 11.6 Å². The summed E-state index contributed by atoms with van der Waals surface area (Å²) in [6.45, 7) is 2.58. The van der Waals surface area contributed by atoms with Crippen LogP contribution in [0.15, 0.2) is 0 Å². The van der Waals surface area contributed by atoms with E-state index >= 15 is 0 Å². The lowest BCUT2D eigenvalue weighted by Gasteiger charge is -2.24. The van der Waals surface area contributed by atoms with E-state index < -0.39 is 0 Å². The molecule has 1 heterocycles. The molecule has 2 atom stereocenters. The summed E-state index contributed by atoms with van der Waals surface area (Å²) in [6, 6.07) is 2.38. The van der Waals surface area contributed by atoms with Gasteiger partial charge < -0.3 is 14.8 Å². The maximum atomic E-state index is 9.17. The Balaban J connectivity index is 1.72. The summed E-state index contributed by atoms with van der Waals surface area (Å²) < 4.78 is 11.3. The molecule has 0 aromatic carbocycles. The van der Waals surface area contributed by atoms with E-state index in [4.69, 9.17) is 14.7 Å². The van der Waals surface area contributed by atoms with E-state index in [0.29, 0.717) is 5.92 Å². The average Bonchev–Trinajstić information content (AvgIpc) is 2.82. The lowest BCUT2D eigenvalue weighted by atomic mass is 10.00. The molecule has 0 bridgehead atoms. The second kappa shape index (κ2) is 5.81. The summed E-state index contributed by atoms with van der Waals surface area (Å²) in [5.74, 6) is 0.649. The summed E-state index contributed by atoms with van der Waals surface area (Å²) in [5.41, 5.74) is -0.347. The van der Waals surface area contributed by atoms with Gasteiger partial charge in [-0.25, -0.2) is 0 Å². The summed E-state index contributed by atoms with van der Waals surface area (Å²) >= 11 is 0. The molecule has 0 aromatic rings. The van der Waals surface area contributed by atoms with Crippen LogP contribution >= 0.6 is 0 Å². The zero-order valence-electron chi connectivity index (χ0n) is 10.6. The Morgan fingerprint density at radius 1 is 1.41 bits per heavy atom. The van der Waals surface area contributed by atoms with E-state index in [2.05, 4.69) is 11.4 Å². The fourth-order valence-electron chi connectivity index (χ4n) is 2.71. The second-order valence-corrected chi connectivity index (χ2v) is 5.20. The molecular formula is C13H22N2O2. The molecule has 1 aliphatic heterocycles. The molecule has 4 heteroatoms. The van der Waals surface area contributed by atoms with Crippen LogP contribution in [0.5, 0.6) is 0 Å². The summed E-state index contributed by atoms with van der Waals surface area (Å²) in [6.07, 6.45) is 5.20. The van der Waals surface area contributed by atoms with Gasteiger partial charge in [-0.05, 0) is 38.6 Å². The summed E-state index contributed by atoms with van der Waals surface area (Å²) in [5, 5.41) is 12.3. The predicted molar refractivity (Wildman–Crippen MR) is 64.5 cm³/mol. The largest absolute Gasteiger partial charge is 0.381 e. The molecule has 0 aromatic heterocycles. The first-order chi connectivity index (χ1) is 8.28.